The monoisotopic (exact) mass is 236 g/mol. The van der Waals surface area contributed by atoms with Gasteiger partial charge in [-0.25, -0.2) is 4.79 Å². The van der Waals surface area contributed by atoms with E-state index in [1.165, 1.54) is 12.8 Å². The summed E-state index contributed by atoms with van der Waals surface area (Å²) in [5.41, 5.74) is 2.01. The van der Waals surface area contributed by atoms with Crippen molar-refractivity contribution in [2.45, 2.75) is 51.9 Å². The lowest BCUT2D eigenvalue weighted by atomic mass is 9.96. The van der Waals surface area contributed by atoms with Gasteiger partial charge in [-0.1, -0.05) is 26.7 Å². The number of aromatic amines is 1. The van der Waals surface area contributed by atoms with E-state index < -0.39 is 5.97 Å². The Balaban J connectivity index is 2.32. The van der Waals surface area contributed by atoms with Crippen molar-refractivity contribution in [1.82, 2.24) is 10.2 Å². The molecule has 1 fully saturated rings. The van der Waals surface area contributed by atoms with E-state index >= 15 is 0 Å². The number of nitrogens with one attached hydrogen (secondary N) is 1. The van der Waals surface area contributed by atoms with Gasteiger partial charge in [0.05, 0.1) is 11.4 Å². The normalized spacial score (nSPS) is 16.9. The minimum absolute atomic E-state index is 0.346. The summed E-state index contributed by atoms with van der Waals surface area (Å²) in [6, 6.07) is 0. The third-order valence-corrected chi connectivity index (χ3v) is 3.44. The summed E-state index contributed by atoms with van der Waals surface area (Å²) >= 11 is 0. The van der Waals surface area contributed by atoms with Crippen LogP contribution < -0.4 is 0 Å². The van der Waals surface area contributed by atoms with Crippen molar-refractivity contribution in [2.75, 3.05) is 0 Å². The first-order chi connectivity index (χ1) is 8.09. The van der Waals surface area contributed by atoms with E-state index in [0.29, 0.717) is 17.4 Å². The third-order valence-electron chi connectivity index (χ3n) is 3.44. The first kappa shape index (κ1) is 12.1. The molecule has 17 heavy (non-hydrogen) atoms. The molecule has 94 valence electrons. The second kappa shape index (κ2) is 4.90. The SMILES string of the molecule is CC(C)Cc1[nH]nc(C2CCCC2)c1C(=O)O. The molecular formula is C13H20N2O2. The van der Waals surface area contributed by atoms with Gasteiger partial charge in [-0.05, 0) is 25.2 Å². The summed E-state index contributed by atoms with van der Waals surface area (Å²) in [5.74, 6) is -0.0560. The average Bonchev–Trinajstić information content (AvgIpc) is 2.82. The second-order valence-electron chi connectivity index (χ2n) is 5.35. The molecule has 0 bridgehead atoms. The molecule has 0 radical (unpaired) electrons. The zero-order valence-corrected chi connectivity index (χ0v) is 10.5. The molecule has 1 aliphatic rings. The van der Waals surface area contributed by atoms with Crippen LogP contribution in [0.5, 0.6) is 0 Å². The van der Waals surface area contributed by atoms with E-state index in [9.17, 15) is 9.90 Å². The highest BCUT2D eigenvalue weighted by Crippen LogP contribution is 2.35. The molecule has 0 unspecified atom stereocenters. The maximum absolute atomic E-state index is 11.4. The van der Waals surface area contributed by atoms with Gasteiger partial charge in [0, 0.05) is 5.92 Å². The molecule has 0 saturated heterocycles. The molecule has 0 atom stereocenters. The van der Waals surface area contributed by atoms with E-state index in [0.717, 1.165) is 30.7 Å². The molecule has 2 rings (SSSR count). The number of nitrogens with zero attached hydrogens (tertiary/aromatic N) is 1. The molecule has 0 aromatic carbocycles. The molecule has 0 spiro atoms. The number of rotatable bonds is 4. The molecule has 1 aromatic heterocycles. The van der Waals surface area contributed by atoms with Gasteiger partial charge in [0.25, 0.3) is 0 Å². The van der Waals surface area contributed by atoms with Crippen LogP contribution in [0.4, 0.5) is 0 Å². The lowest BCUT2D eigenvalue weighted by Crippen LogP contribution is -2.07. The summed E-state index contributed by atoms with van der Waals surface area (Å²) in [7, 11) is 0. The minimum Gasteiger partial charge on any atom is -0.478 e. The number of carbonyl (C=O) groups is 1. The van der Waals surface area contributed by atoms with Crippen molar-refractivity contribution in [3.8, 4) is 0 Å². The Morgan fingerprint density at radius 1 is 1.47 bits per heavy atom. The Hall–Kier alpha value is -1.32. The summed E-state index contributed by atoms with van der Waals surface area (Å²) in [4.78, 5) is 11.4. The highest BCUT2D eigenvalue weighted by Gasteiger charge is 2.28. The Labute approximate surface area is 101 Å². The Morgan fingerprint density at radius 3 is 2.65 bits per heavy atom. The predicted octanol–water partition coefficient (Wildman–Crippen LogP) is 2.96. The predicted molar refractivity (Wildman–Crippen MR) is 65.3 cm³/mol. The summed E-state index contributed by atoms with van der Waals surface area (Å²) in [5, 5.41) is 16.5. The summed E-state index contributed by atoms with van der Waals surface area (Å²) in [6.45, 7) is 4.17. The van der Waals surface area contributed by atoms with Gasteiger partial charge in [-0.3, -0.25) is 5.10 Å². The van der Waals surface area contributed by atoms with Crippen LogP contribution in [0.1, 0.15) is 67.2 Å². The first-order valence-corrected chi connectivity index (χ1v) is 6.40. The fourth-order valence-corrected chi connectivity index (χ4v) is 2.68. The van der Waals surface area contributed by atoms with Crippen molar-refractivity contribution >= 4 is 5.97 Å². The lowest BCUT2D eigenvalue weighted by molar-refractivity contribution is 0.0694. The summed E-state index contributed by atoms with van der Waals surface area (Å²) in [6.07, 6.45) is 5.28. The van der Waals surface area contributed by atoms with Crippen LogP contribution in [0.25, 0.3) is 0 Å². The molecule has 1 heterocycles. The zero-order valence-electron chi connectivity index (χ0n) is 10.5. The maximum atomic E-state index is 11.4. The first-order valence-electron chi connectivity index (χ1n) is 6.40. The topological polar surface area (TPSA) is 66.0 Å². The number of hydrogen-bond acceptors (Lipinski definition) is 2. The Bertz CT molecular complexity index is 404. The second-order valence-corrected chi connectivity index (χ2v) is 5.35. The van der Waals surface area contributed by atoms with Crippen LogP contribution in [0, 0.1) is 5.92 Å². The van der Waals surface area contributed by atoms with Crippen molar-refractivity contribution in [3.05, 3.63) is 17.0 Å². The lowest BCUT2D eigenvalue weighted by Gasteiger charge is -2.08. The van der Waals surface area contributed by atoms with E-state index in [1.54, 1.807) is 0 Å². The van der Waals surface area contributed by atoms with Crippen LogP contribution in [-0.2, 0) is 6.42 Å². The summed E-state index contributed by atoms with van der Waals surface area (Å²) < 4.78 is 0. The number of carboxylic acids is 1. The third kappa shape index (κ3) is 2.51. The molecule has 1 aromatic rings. The van der Waals surface area contributed by atoms with Gasteiger partial charge in [-0.2, -0.15) is 5.10 Å². The van der Waals surface area contributed by atoms with E-state index in [-0.39, 0.29) is 0 Å². The molecule has 1 aliphatic carbocycles. The average molecular weight is 236 g/mol. The quantitative estimate of drug-likeness (QED) is 0.844. The largest absolute Gasteiger partial charge is 0.478 e. The van der Waals surface area contributed by atoms with Gasteiger partial charge in [0.2, 0.25) is 0 Å². The van der Waals surface area contributed by atoms with Gasteiger partial charge < -0.3 is 5.11 Å². The maximum Gasteiger partial charge on any atom is 0.339 e. The fourth-order valence-electron chi connectivity index (χ4n) is 2.68. The molecule has 0 aliphatic heterocycles. The van der Waals surface area contributed by atoms with Crippen LogP contribution in [-0.4, -0.2) is 21.3 Å². The van der Waals surface area contributed by atoms with Gasteiger partial charge in [-0.15, -0.1) is 0 Å². The van der Waals surface area contributed by atoms with Crippen molar-refractivity contribution in [3.63, 3.8) is 0 Å². The van der Waals surface area contributed by atoms with Crippen LogP contribution in [0.3, 0.4) is 0 Å². The molecule has 1 saturated carbocycles. The van der Waals surface area contributed by atoms with Gasteiger partial charge in [0.1, 0.15) is 5.56 Å². The number of aromatic carboxylic acids is 1. The standard InChI is InChI=1S/C13H20N2O2/c1-8(2)7-10-11(13(16)17)12(15-14-10)9-5-3-4-6-9/h8-9H,3-7H2,1-2H3,(H,14,15)(H,16,17). The van der Waals surface area contributed by atoms with Crippen LogP contribution >= 0.6 is 0 Å². The highest BCUT2D eigenvalue weighted by atomic mass is 16.4. The van der Waals surface area contributed by atoms with Gasteiger partial charge in [0.15, 0.2) is 0 Å². The van der Waals surface area contributed by atoms with Crippen molar-refractivity contribution < 1.29 is 9.90 Å². The van der Waals surface area contributed by atoms with E-state index in [2.05, 4.69) is 24.0 Å². The minimum atomic E-state index is -0.837. The zero-order chi connectivity index (χ0) is 12.4. The van der Waals surface area contributed by atoms with Crippen LogP contribution in [0.15, 0.2) is 0 Å². The fraction of sp³-hybridized carbons (Fsp3) is 0.692. The number of carboxylic acid groups (broad SMARTS) is 1. The molecule has 0 amide bonds. The molecule has 2 N–H and O–H groups in total. The van der Waals surface area contributed by atoms with E-state index in [1.807, 2.05) is 0 Å². The van der Waals surface area contributed by atoms with Crippen LogP contribution in [0.2, 0.25) is 0 Å². The van der Waals surface area contributed by atoms with E-state index in [4.69, 9.17) is 0 Å². The highest BCUT2D eigenvalue weighted by molar-refractivity contribution is 5.90. The van der Waals surface area contributed by atoms with Crippen molar-refractivity contribution in [1.29, 1.82) is 0 Å². The smallest absolute Gasteiger partial charge is 0.339 e. The number of hydrogen-bond donors (Lipinski definition) is 2. The Morgan fingerprint density at radius 2 is 2.12 bits per heavy atom. The van der Waals surface area contributed by atoms with Gasteiger partial charge >= 0.3 is 5.97 Å². The number of aromatic nitrogens is 2. The number of H-pyrrole nitrogens is 1. The molecular weight excluding hydrogens is 216 g/mol. The van der Waals surface area contributed by atoms with Crippen molar-refractivity contribution in [2.24, 2.45) is 5.92 Å². The Kier molecular flexibility index (Phi) is 3.50. The molecule has 4 nitrogen and oxygen atoms in total. The molecule has 4 heteroatoms.